The van der Waals surface area contributed by atoms with Gasteiger partial charge in [-0.2, -0.15) is 0 Å². The maximum atomic E-state index is 14.0. The fourth-order valence-electron chi connectivity index (χ4n) is 4.34. The summed E-state index contributed by atoms with van der Waals surface area (Å²) in [7, 11) is 3.17. The van der Waals surface area contributed by atoms with Gasteiger partial charge in [0.2, 0.25) is 5.91 Å². The minimum absolute atomic E-state index is 0.155. The van der Waals surface area contributed by atoms with Crippen LogP contribution in [0, 0.1) is 6.92 Å². The van der Waals surface area contributed by atoms with Crippen LogP contribution >= 0.6 is 0 Å². The summed E-state index contributed by atoms with van der Waals surface area (Å²) in [6.07, 6.45) is 0.170. The van der Waals surface area contributed by atoms with Crippen LogP contribution in [-0.2, 0) is 22.6 Å². The van der Waals surface area contributed by atoms with Crippen molar-refractivity contribution in [1.82, 2.24) is 4.90 Å². The van der Waals surface area contributed by atoms with Gasteiger partial charge in [0.05, 0.1) is 20.6 Å². The first-order valence-electron chi connectivity index (χ1n) is 12.4. The molecule has 0 aromatic heterocycles. The van der Waals surface area contributed by atoms with Gasteiger partial charge in [-0.05, 0) is 65.6 Å². The molecule has 0 aliphatic rings. The van der Waals surface area contributed by atoms with E-state index in [9.17, 15) is 9.59 Å². The van der Waals surface area contributed by atoms with Gasteiger partial charge in [0.25, 0.3) is 5.91 Å². The molecule has 6 heteroatoms. The molecule has 0 spiro atoms. The van der Waals surface area contributed by atoms with Crippen molar-refractivity contribution in [2.24, 2.45) is 0 Å². The zero-order valence-corrected chi connectivity index (χ0v) is 21.9. The highest BCUT2D eigenvalue weighted by Gasteiger charge is 2.32. The number of hydrogen-bond acceptors (Lipinski definition) is 4. The topological polar surface area (TPSA) is 67.9 Å². The van der Waals surface area contributed by atoms with E-state index in [0.29, 0.717) is 22.7 Å². The van der Waals surface area contributed by atoms with E-state index in [1.165, 1.54) is 0 Å². The van der Waals surface area contributed by atoms with Crippen LogP contribution in [0.1, 0.15) is 28.3 Å². The number of ether oxygens (including phenoxy) is 2. The van der Waals surface area contributed by atoms with Gasteiger partial charge in [-0.1, -0.05) is 66.7 Å². The summed E-state index contributed by atoms with van der Waals surface area (Å²) in [6.45, 7) is 2.28. The molecule has 38 heavy (non-hydrogen) atoms. The SMILES string of the molecule is COc1ccc(NC(=O)C(c2cccc(OC)c2)N(Cc2ccccc2C)C(=O)Cc2ccccc2)cc1. The minimum atomic E-state index is -0.900. The second-order valence-corrected chi connectivity index (χ2v) is 9.01. The molecule has 1 unspecified atom stereocenters. The predicted molar refractivity (Wildman–Crippen MR) is 149 cm³/mol. The number of amides is 2. The lowest BCUT2D eigenvalue weighted by Crippen LogP contribution is -2.41. The summed E-state index contributed by atoms with van der Waals surface area (Å²) >= 11 is 0. The average molecular weight is 509 g/mol. The van der Waals surface area contributed by atoms with Crippen LogP contribution in [0.3, 0.4) is 0 Å². The molecule has 4 aromatic carbocycles. The van der Waals surface area contributed by atoms with Crippen LogP contribution in [0.2, 0.25) is 0 Å². The minimum Gasteiger partial charge on any atom is -0.497 e. The molecule has 0 aliphatic heterocycles. The van der Waals surface area contributed by atoms with E-state index >= 15 is 0 Å². The van der Waals surface area contributed by atoms with Gasteiger partial charge < -0.3 is 19.7 Å². The second kappa shape index (κ2) is 12.6. The van der Waals surface area contributed by atoms with E-state index in [1.54, 1.807) is 49.5 Å². The van der Waals surface area contributed by atoms with Crippen molar-refractivity contribution < 1.29 is 19.1 Å². The number of carbonyl (C=O) groups excluding carboxylic acids is 2. The lowest BCUT2D eigenvalue weighted by molar-refractivity contribution is -0.139. The average Bonchev–Trinajstić information content (AvgIpc) is 2.94. The van der Waals surface area contributed by atoms with E-state index in [4.69, 9.17) is 9.47 Å². The highest BCUT2D eigenvalue weighted by atomic mass is 16.5. The number of nitrogens with zero attached hydrogens (tertiary/aromatic N) is 1. The van der Waals surface area contributed by atoms with Gasteiger partial charge in [-0.25, -0.2) is 0 Å². The molecule has 0 bridgehead atoms. The molecule has 2 amide bonds. The van der Waals surface area contributed by atoms with Crippen molar-refractivity contribution >= 4 is 17.5 Å². The number of rotatable bonds is 10. The van der Waals surface area contributed by atoms with Gasteiger partial charge in [0.1, 0.15) is 17.5 Å². The lowest BCUT2D eigenvalue weighted by Gasteiger charge is -2.32. The van der Waals surface area contributed by atoms with E-state index in [-0.39, 0.29) is 24.8 Å². The monoisotopic (exact) mass is 508 g/mol. The molecule has 0 saturated carbocycles. The quantitative estimate of drug-likeness (QED) is 0.287. The van der Waals surface area contributed by atoms with E-state index in [1.807, 2.05) is 79.7 Å². The molecule has 4 rings (SSSR count). The summed E-state index contributed by atoms with van der Waals surface area (Å²) in [5, 5.41) is 3.00. The molecule has 4 aromatic rings. The van der Waals surface area contributed by atoms with Crippen LogP contribution in [0.25, 0.3) is 0 Å². The molecule has 1 atom stereocenters. The van der Waals surface area contributed by atoms with Crippen molar-refractivity contribution in [2.45, 2.75) is 25.9 Å². The molecule has 0 fully saturated rings. The fourth-order valence-corrected chi connectivity index (χ4v) is 4.34. The molecule has 0 aliphatic carbocycles. The number of aryl methyl sites for hydroxylation is 1. The van der Waals surface area contributed by atoms with Crippen molar-refractivity contribution in [1.29, 1.82) is 0 Å². The third-order valence-electron chi connectivity index (χ3n) is 6.45. The standard InChI is InChI=1S/C32H32N2O4/c1-23-10-7-8-13-26(23)22-34(30(35)20-24-11-5-4-6-12-24)31(25-14-9-15-29(21-25)38-3)32(36)33-27-16-18-28(37-2)19-17-27/h4-19,21,31H,20,22H2,1-3H3,(H,33,36). The second-order valence-electron chi connectivity index (χ2n) is 9.01. The number of carbonyl (C=O) groups is 2. The highest BCUT2D eigenvalue weighted by molar-refractivity contribution is 5.98. The molecule has 6 nitrogen and oxygen atoms in total. The van der Waals surface area contributed by atoms with Crippen LogP contribution in [0.5, 0.6) is 11.5 Å². The van der Waals surface area contributed by atoms with Crippen molar-refractivity contribution in [2.75, 3.05) is 19.5 Å². The van der Waals surface area contributed by atoms with Crippen LogP contribution in [0.15, 0.2) is 103 Å². The van der Waals surface area contributed by atoms with Crippen molar-refractivity contribution in [3.05, 3.63) is 125 Å². The smallest absolute Gasteiger partial charge is 0.251 e. The van der Waals surface area contributed by atoms with Gasteiger partial charge in [-0.3, -0.25) is 9.59 Å². The molecular weight excluding hydrogens is 476 g/mol. The molecule has 1 N–H and O–H groups in total. The normalized spacial score (nSPS) is 11.3. The van der Waals surface area contributed by atoms with E-state index in [2.05, 4.69) is 5.32 Å². The number of anilines is 1. The summed E-state index contributed by atoms with van der Waals surface area (Å²) in [5.74, 6) is 0.818. The highest BCUT2D eigenvalue weighted by Crippen LogP contribution is 2.29. The fraction of sp³-hybridized carbons (Fsp3) is 0.188. The lowest BCUT2D eigenvalue weighted by atomic mass is 10.00. The number of methoxy groups -OCH3 is 2. The first-order chi connectivity index (χ1) is 18.5. The van der Waals surface area contributed by atoms with Crippen LogP contribution in [-0.4, -0.2) is 30.9 Å². The first-order valence-corrected chi connectivity index (χ1v) is 12.4. The van der Waals surface area contributed by atoms with E-state index in [0.717, 1.165) is 16.7 Å². The maximum absolute atomic E-state index is 14.0. The molecular formula is C32H32N2O4. The Morgan fingerprint density at radius 3 is 2.16 bits per heavy atom. The third-order valence-corrected chi connectivity index (χ3v) is 6.45. The van der Waals surface area contributed by atoms with Crippen molar-refractivity contribution in [3.63, 3.8) is 0 Å². The Balaban J connectivity index is 1.76. The van der Waals surface area contributed by atoms with Gasteiger partial charge in [-0.15, -0.1) is 0 Å². The zero-order valence-electron chi connectivity index (χ0n) is 21.9. The van der Waals surface area contributed by atoms with E-state index < -0.39 is 6.04 Å². The summed E-state index contributed by atoms with van der Waals surface area (Å²) in [5.41, 5.74) is 4.16. The van der Waals surface area contributed by atoms with Gasteiger partial charge >= 0.3 is 0 Å². The summed E-state index contributed by atoms with van der Waals surface area (Å²) < 4.78 is 10.7. The number of nitrogens with one attached hydrogen (secondary N) is 1. The van der Waals surface area contributed by atoms with Gasteiger partial charge in [0.15, 0.2) is 0 Å². The molecule has 0 radical (unpaired) electrons. The summed E-state index contributed by atoms with van der Waals surface area (Å²) in [6, 6.07) is 31.0. The van der Waals surface area contributed by atoms with Gasteiger partial charge in [0, 0.05) is 12.2 Å². The molecule has 0 saturated heterocycles. The zero-order chi connectivity index (χ0) is 26.9. The van der Waals surface area contributed by atoms with Crippen molar-refractivity contribution in [3.8, 4) is 11.5 Å². The number of benzene rings is 4. The Morgan fingerprint density at radius 2 is 1.47 bits per heavy atom. The Bertz CT molecular complexity index is 1370. The molecule has 0 heterocycles. The Kier molecular flexibility index (Phi) is 8.77. The Labute approximate surface area is 223 Å². The third kappa shape index (κ3) is 6.59. The first kappa shape index (κ1) is 26.5. The van der Waals surface area contributed by atoms with Crippen LogP contribution in [0.4, 0.5) is 5.69 Å². The predicted octanol–water partition coefficient (Wildman–Crippen LogP) is 5.96. The largest absolute Gasteiger partial charge is 0.497 e. The Morgan fingerprint density at radius 1 is 0.789 bits per heavy atom. The summed E-state index contributed by atoms with van der Waals surface area (Å²) in [4.78, 5) is 29.6. The molecule has 194 valence electrons. The van der Waals surface area contributed by atoms with Crippen LogP contribution < -0.4 is 14.8 Å². The maximum Gasteiger partial charge on any atom is 0.251 e. The number of hydrogen-bond donors (Lipinski definition) is 1. The Hall–Kier alpha value is -4.58.